The Morgan fingerprint density at radius 1 is 1.16 bits per heavy atom. The van der Waals surface area contributed by atoms with Crippen LogP contribution in [0.4, 0.5) is 10.7 Å². The molecule has 0 atom stereocenters. The Balaban J connectivity index is 1.57. The summed E-state index contributed by atoms with van der Waals surface area (Å²) in [6.07, 6.45) is 1.70. The van der Waals surface area contributed by atoms with Gasteiger partial charge in [0.05, 0.1) is 11.3 Å². The summed E-state index contributed by atoms with van der Waals surface area (Å²) in [7, 11) is 0. The largest absolute Gasteiger partial charge is 0.397 e. The van der Waals surface area contributed by atoms with Gasteiger partial charge in [-0.3, -0.25) is 4.79 Å². The molecule has 1 aliphatic rings. The summed E-state index contributed by atoms with van der Waals surface area (Å²) in [5.74, 6) is -0.293. The number of hydrogen-bond donors (Lipinski definition) is 2. The molecule has 5 rings (SSSR count). The number of nitriles is 1. The highest BCUT2D eigenvalue weighted by Crippen LogP contribution is 2.45. The molecule has 7 heteroatoms. The van der Waals surface area contributed by atoms with E-state index in [9.17, 15) is 10.1 Å². The molecule has 0 aliphatic heterocycles. The molecule has 0 saturated heterocycles. The number of nitrogens with zero attached hydrogens (tertiary/aromatic N) is 2. The average molecular weight is 445 g/mol. The minimum Gasteiger partial charge on any atom is -0.397 e. The van der Waals surface area contributed by atoms with Gasteiger partial charge in [-0.05, 0) is 61.4 Å². The number of amides is 1. The Morgan fingerprint density at radius 3 is 2.71 bits per heavy atom. The summed E-state index contributed by atoms with van der Waals surface area (Å²) in [6.45, 7) is 5.99. The van der Waals surface area contributed by atoms with Crippen molar-refractivity contribution in [1.29, 1.82) is 5.26 Å². The fourth-order valence-corrected chi connectivity index (χ4v) is 6.60. The summed E-state index contributed by atoms with van der Waals surface area (Å²) in [5.41, 5.74) is 13.9. The monoisotopic (exact) mass is 444 g/mol. The zero-order chi connectivity index (χ0) is 21.9. The van der Waals surface area contributed by atoms with Crippen molar-refractivity contribution >= 4 is 49.5 Å². The number of rotatable bonds is 2. The number of carbonyl (C=O) groups excluding carboxylic acids is 1. The number of thiophene rings is 2. The van der Waals surface area contributed by atoms with E-state index < -0.39 is 0 Å². The first-order valence-electron chi connectivity index (χ1n) is 10.0. The minimum absolute atomic E-state index is 0.293. The Labute approximate surface area is 188 Å². The molecule has 4 aromatic rings. The van der Waals surface area contributed by atoms with Crippen molar-refractivity contribution in [2.45, 2.75) is 33.6 Å². The molecule has 3 N–H and O–H groups in total. The average Bonchev–Trinajstić information content (AvgIpc) is 3.29. The molecule has 3 aromatic heterocycles. The van der Waals surface area contributed by atoms with Gasteiger partial charge in [0.25, 0.3) is 5.91 Å². The van der Waals surface area contributed by atoms with Gasteiger partial charge in [0.2, 0.25) is 0 Å². The minimum atomic E-state index is -0.293. The molecular weight excluding hydrogens is 424 g/mol. The van der Waals surface area contributed by atoms with Gasteiger partial charge in [-0.15, -0.1) is 22.7 Å². The molecular formula is C24H20N4OS2. The normalized spacial score (nSPS) is 12.3. The molecule has 0 fully saturated rings. The third-order valence-electron chi connectivity index (χ3n) is 6.13. The van der Waals surface area contributed by atoms with Crippen LogP contribution in [0.2, 0.25) is 0 Å². The van der Waals surface area contributed by atoms with Crippen LogP contribution in [-0.2, 0) is 12.8 Å². The van der Waals surface area contributed by atoms with Gasteiger partial charge < -0.3 is 11.1 Å². The number of fused-ring (bicyclic) bond motifs is 4. The van der Waals surface area contributed by atoms with E-state index in [0.29, 0.717) is 21.1 Å². The Bertz CT molecular complexity index is 1440. The van der Waals surface area contributed by atoms with Crippen LogP contribution in [0.1, 0.15) is 43.2 Å². The standard InChI is InChI=1S/C24H20N4OS2/c1-11-12(2)18-19(26)21(31-24(18)27-13(11)3)22(29)28-23-17(10-25)16-9-8-14-6-4-5-7-15(14)20(16)30-23/h4-7H,8-9,26H2,1-3H3,(H,28,29). The highest BCUT2D eigenvalue weighted by Gasteiger charge is 2.27. The number of carbonyl (C=O) groups is 1. The number of benzene rings is 1. The van der Waals surface area contributed by atoms with Gasteiger partial charge in [-0.1, -0.05) is 24.3 Å². The first kappa shape index (κ1) is 19.7. The van der Waals surface area contributed by atoms with E-state index >= 15 is 0 Å². The highest BCUT2D eigenvalue weighted by molar-refractivity contribution is 7.22. The zero-order valence-electron chi connectivity index (χ0n) is 17.4. The molecule has 0 bridgehead atoms. The van der Waals surface area contributed by atoms with Crippen LogP contribution in [0.15, 0.2) is 24.3 Å². The molecule has 0 radical (unpaired) electrons. The van der Waals surface area contributed by atoms with Crippen LogP contribution in [0.5, 0.6) is 0 Å². The van der Waals surface area contributed by atoms with E-state index in [0.717, 1.165) is 55.9 Å². The maximum absolute atomic E-state index is 13.2. The quantitative estimate of drug-likeness (QED) is 0.411. The Morgan fingerprint density at radius 2 is 1.94 bits per heavy atom. The number of pyridine rings is 1. The number of nitrogens with two attached hydrogens (primary N) is 1. The number of nitrogen functional groups attached to an aromatic ring is 1. The second-order valence-electron chi connectivity index (χ2n) is 7.81. The lowest BCUT2D eigenvalue weighted by atomic mass is 9.90. The highest BCUT2D eigenvalue weighted by atomic mass is 32.1. The van der Waals surface area contributed by atoms with E-state index in [2.05, 4.69) is 28.5 Å². The number of aromatic nitrogens is 1. The Hall–Kier alpha value is -3.21. The summed E-state index contributed by atoms with van der Waals surface area (Å²) < 4.78 is 0. The molecule has 1 amide bonds. The molecule has 1 aromatic carbocycles. The van der Waals surface area contributed by atoms with E-state index in [1.807, 2.05) is 32.9 Å². The number of anilines is 2. The summed E-state index contributed by atoms with van der Waals surface area (Å²) >= 11 is 2.77. The zero-order valence-corrected chi connectivity index (χ0v) is 19.1. The van der Waals surface area contributed by atoms with Crippen LogP contribution in [0, 0.1) is 32.1 Å². The molecule has 0 unspecified atom stereocenters. The van der Waals surface area contributed by atoms with Gasteiger partial charge in [-0.2, -0.15) is 5.26 Å². The molecule has 31 heavy (non-hydrogen) atoms. The van der Waals surface area contributed by atoms with Crippen LogP contribution < -0.4 is 11.1 Å². The molecule has 0 spiro atoms. The topological polar surface area (TPSA) is 91.8 Å². The summed E-state index contributed by atoms with van der Waals surface area (Å²) in [6, 6.07) is 10.6. The van der Waals surface area contributed by atoms with E-state index in [-0.39, 0.29) is 5.91 Å². The van der Waals surface area contributed by atoms with E-state index in [1.54, 1.807) is 0 Å². The molecule has 5 nitrogen and oxygen atoms in total. The fraction of sp³-hybridized carbons (Fsp3) is 0.208. The summed E-state index contributed by atoms with van der Waals surface area (Å²) in [4.78, 5) is 20.1. The van der Waals surface area contributed by atoms with Crippen molar-refractivity contribution in [2.24, 2.45) is 0 Å². The van der Waals surface area contributed by atoms with Crippen molar-refractivity contribution in [3.05, 3.63) is 62.7 Å². The lowest BCUT2D eigenvalue weighted by Gasteiger charge is -2.15. The maximum Gasteiger partial charge on any atom is 0.268 e. The van der Waals surface area contributed by atoms with Crippen molar-refractivity contribution in [1.82, 2.24) is 4.98 Å². The van der Waals surface area contributed by atoms with Crippen molar-refractivity contribution in [3.8, 4) is 16.5 Å². The second-order valence-corrected chi connectivity index (χ2v) is 9.83. The third-order valence-corrected chi connectivity index (χ3v) is 8.41. The second kappa shape index (κ2) is 7.19. The lowest BCUT2D eigenvalue weighted by molar-refractivity contribution is 0.103. The lowest BCUT2D eigenvalue weighted by Crippen LogP contribution is -2.12. The first-order valence-corrected chi connectivity index (χ1v) is 11.6. The predicted octanol–water partition coefficient (Wildman–Crippen LogP) is 5.75. The molecule has 0 saturated carbocycles. The van der Waals surface area contributed by atoms with Crippen molar-refractivity contribution in [3.63, 3.8) is 0 Å². The van der Waals surface area contributed by atoms with Crippen LogP contribution in [0.3, 0.4) is 0 Å². The predicted molar refractivity (Wildman–Crippen MR) is 128 cm³/mol. The van der Waals surface area contributed by atoms with Crippen molar-refractivity contribution in [2.75, 3.05) is 11.1 Å². The molecule has 1 aliphatic carbocycles. The van der Waals surface area contributed by atoms with Crippen molar-refractivity contribution < 1.29 is 4.79 Å². The summed E-state index contributed by atoms with van der Waals surface area (Å²) in [5, 5.41) is 14.2. The van der Waals surface area contributed by atoms with Crippen LogP contribution >= 0.6 is 22.7 Å². The van der Waals surface area contributed by atoms with Gasteiger partial charge in [-0.25, -0.2) is 4.98 Å². The van der Waals surface area contributed by atoms with E-state index in [1.165, 1.54) is 28.2 Å². The smallest absolute Gasteiger partial charge is 0.268 e. The fourth-order valence-electron chi connectivity index (χ4n) is 4.24. The van der Waals surface area contributed by atoms with Gasteiger partial charge in [0.1, 0.15) is 20.8 Å². The first-order chi connectivity index (χ1) is 14.9. The van der Waals surface area contributed by atoms with Gasteiger partial charge in [0.15, 0.2) is 0 Å². The van der Waals surface area contributed by atoms with Gasteiger partial charge in [0, 0.05) is 16.0 Å². The Kier molecular flexibility index (Phi) is 4.58. The number of nitrogens with one attached hydrogen (secondary N) is 1. The van der Waals surface area contributed by atoms with Crippen LogP contribution in [0.25, 0.3) is 20.7 Å². The maximum atomic E-state index is 13.2. The SMILES string of the molecule is Cc1nc2sc(C(=O)Nc3sc4c(c3C#N)CCc3ccccc3-4)c(N)c2c(C)c1C. The third kappa shape index (κ3) is 2.94. The number of aryl methyl sites for hydroxylation is 3. The number of hydrogen-bond acceptors (Lipinski definition) is 6. The molecule has 3 heterocycles. The van der Waals surface area contributed by atoms with Crippen LogP contribution in [-0.4, -0.2) is 10.9 Å². The van der Waals surface area contributed by atoms with Gasteiger partial charge >= 0.3 is 0 Å². The molecule has 154 valence electrons. The van der Waals surface area contributed by atoms with E-state index in [4.69, 9.17) is 5.73 Å².